The van der Waals surface area contributed by atoms with Crippen molar-refractivity contribution in [1.29, 1.82) is 0 Å². The van der Waals surface area contributed by atoms with Gasteiger partial charge in [0.05, 0.1) is 5.02 Å². The summed E-state index contributed by atoms with van der Waals surface area (Å²) in [4.78, 5) is 0. The van der Waals surface area contributed by atoms with Gasteiger partial charge in [-0.15, -0.1) is 10.2 Å². The Morgan fingerprint density at radius 2 is 2.25 bits per heavy atom. The Kier molecular flexibility index (Phi) is 1.73. The molecule has 0 bridgehead atoms. The molecule has 0 radical (unpaired) electrons. The average Bonchev–Trinajstić information content (AvgIpc) is 2.46. The van der Waals surface area contributed by atoms with E-state index in [0.29, 0.717) is 5.02 Å². The zero-order chi connectivity index (χ0) is 8.55. The van der Waals surface area contributed by atoms with Crippen LogP contribution in [0.25, 0.3) is 5.65 Å². The highest BCUT2D eigenvalue weighted by molar-refractivity contribution is 6.30. The standard InChI is InChI=1S/C8H8ClN3/c1-2-7-10-11-8-4-3-6(9)5-12(7)8/h3-5H,2H2,1H3. The van der Waals surface area contributed by atoms with E-state index in [1.807, 2.05) is 29.7 Å². The maximum atomic E-state index is 5.83. The second-order valence-electron chi connectivity index (χ2n) is 2.55. The van der Waals surface area contributed by atoms with Crippen molar-refractivity contribution in [2.75, 3.05) is 0 Å². The van der Waals surface area contributed by atoms with Gasteiger partial charge in [0.2, 0.25) is 0 Å². The molecule has 0 unspecified atom stereocenters. The van der Waals surface area contributed by atoms with Gasteiger partial charge < -0.3 is 0 Å². The lowest BCUT2D eigenvalue weighted by Gasteiger charge is -1.95. The molecular formula is C8H8ClN3. The van der Waals surface area contributed by atoms with Crippen LogP contribution < -0.4 is 0 Å². The summed E-state index contributed by atoms with van der Waals surface area (Å²) < 4.78 is 1.91. The summed E-state index contributed by atoms with van der Waals surface area (Å²) in [5.41, 5.74) is 0.844. The van der Waals surface area contributed by atoms with Crippen LogP contribution >= 0.6 is 11.6 Å². The number of nitrogens with zero attached hydrogens (tertiary/aromatic N) is 3. The maximum Gasteiger partial charge on any atom is 0.160 e. The van der Waals surface area contributed by atoms with Crippen LogP contribution in [0.2, 0.25) is 5.02 Å². The van der Waals surface area contributed by atoms with Crippen LogP contribution in [-0.4, -0.2) is 14.6 Å². The van der Waals surface area contributed by atoms with Crippen molar-refractivity contribution >= 4 is 17.2 Å². The quantitative estimate of drug-likeness (QED) is 0.673. The molecule has 2 aromatic rings. The smallest absolute Gasteiger partial charge is 0.160 e. The second-order valence-corrected chi connectivity index (χ2v) is 2.98. The van der Waals surface area contributed by atoms with E-state index in [2.05, 4.69) is 10.2 Å². The molecule has 4 heteroatoms. The highest BCUT2D eigenvalue weighted by Crippen LogP contribution is 2.11. The van der Waals surface area contributed by atoms with E-state index in [-0.39, 0.29) is 0 Å². The molecule has 0 spiro atoms. The monoisotopic (exact) mass is 181 g/mol. The summed E-state index contributed by atoms with van der Waals surface area (Å²) in [6.45, 7) is 2.04. The highest BCUT2D eigenvalue weighted by atomic mass is 35.5. The second kappa shape index (κ2) is 2.75. The fourth-order valence-corrected chi connectivity index (χ4v) is 1.31. The normalized spacial score (nSPS) is 10.8. The van der Waals surface area contributed by atoms with Gasteiger partial charge in [-0.3, -0.25) is 4.40 Å². The first kappa shape index (κ1) is 7.55. The van der Waals surface area contributed by atoms with E-state index in [1.54, 1.807) is 0 Å². The lowest BCUT2D eigenvalue weighted by Crippen LogP contribution is -1.91. The third kappa shape index (κ3) is 1.06. The Morgan fingerprint density at radius 1 is 1.42 bits per heavy atom. The number of aromatic nitrogens is 3. The van der Waals surface area contributed by atoms with Crippen LogP contribution in [0.4, 0.5) is 0 Å². The molecule has 0 aliphatic carbocycles. The van der Waals surface area contributed by atoms with Gasteiger partial charge >= 0.3 is 0 Å². The molecular weight excluding hydrogens is 174 g/mol. The van der Waals surface area contributed by atoms with Crippen molar-refractivity contribution in [3.8, 4) is 0 Å². The fourth-order valence-electron chi connectivity index (χ4n) is 1.15. The molecule has 3 nitrogen and oxygen atoms in total. The fraction of sp³-hybridized carbons (Fsp3) is 0.250. The summed E-state index contributed by atoms with van der Waals surface area (Å²) in [5, 5.41) is 8.70. The van der Waals surface area contributed by atoms with Gasteiger partial charge in [0.1, 0.15) is 5.82 Å². The number of fused-ring (bicyclic) bond motifs is 1. The zero-order valence-electron chi connectivity index (χ0n) is 6.66. The molecule has 0 atom stereocenters. The van der Waals surface area contributed by atoms with Gasteiger partial charge in [0, 0.05) is 12.6 Å². The number of hydrogen-bond donors (Lipinski definition) is 0. The molecule has 0 saturated heterocycles. The van der Waals surface area contributed by atoms with Crippen molar-refractivity contribution in [2.24, 2.45) is 0 Å². The van der Waals surface area contributed by atoms with E-state index in [0.717, 1.165) is 17.9 Å². The molecule has 0 aliphatic heterocycles. The number of rotatable bonds is 1. The molecule has 0 aromatic carbocycles. The first-order chi connectivity index (χ1) is 5.81. The Labute approximate surface area is 75.0 Å². The Hall–Kier alpha value is -1.09. The number of aryl methyl sites for hydroxylation is 1. The summed E-state index contributed by atoms with van der Waals surface area (Å²) in [6, 6.07) is 3.67. The summed E-state index contributed by atoms with van der Waals surface area (Å²) in [5.74, 6) is 0.938. The molecule has 62 valence electrons. The van der Waals surface area contributed by atoms with Gasteiger partial charge in [-0.2, -0.15) is 0 Å². The molecule has 0 saturated carbocycles. The van der Waals surface area contributed by atoms with Crippen LogP contribution in [-0.2, 0) is 6.42 Å². The molecule has 0 aliphatic rings. The first-order valence-electron chi connectivity index (χ1n) is 3.80. The van der Waals surface area contributed by atoms with Gasteiger partial charge in [0.25, 0.3) is 0 Å². The summed E-state index contributed by atoms with van der Waals surface area (Å²) in [6.07, 6.45) is 2.69. The van der Waals surface area contributed by atoms with Crippen LogP contribution in [0, 0.1) is 0 Å². The average molecular weight is 182 g/mol. The summed E-state index contributed by atoms with van der Waals surface area (Å²) >= 11 is 5.83. The minimum absolute atomic E-state index is 0.706. The van der Waals surface area contributed by atoms with E-state index in [9.17, 15) is 0 Å². The van der Waals surface area contributed by atoms with Crippen molar-refractivity contribution < 1.29 is 0 Å². The number of pyridine rings is 1. The third-order valence-corrected chi connectivity index (χ3v) is 1.98. The Balaban J connectivity index is 2.75. The van der Waals surface area contributed by atoms with Gasteiger partial charge in [-0.05, 0) is 12.1 Å². The molecule has 2 aromatic heterocycles. The Morgan fingerprint density at radius 3 is 3.00 bits per heavy atom. The number of halogens is 1. The predicted molar refractivity (Wildman–Crippen MR) is 47.4 cm³/mol. The lowest BCUT2D eigenvalue weighted by atomic mass is 10.4. The minimum atomic E-state index is 0.706. The SMILES string of the molecule is CCc1nnc2ccc(Cl)cn12. The highest BCUT2D eigenvalue weighted by Gasteiger charge is 2.01. The van der Waals surface area contributed by atoms with Gasteiger partial charge in [-0.25, -0.2) is 0 Å². The van der Waals surface area contributed by atoms with Crippen LogP contribution in [0.1, 0.15) is 12.7 Å². The number of hydrogen-bond acceptors (Lipinski definition) is 2. The lowest BCUT2D eigenvalue weighted by molar-refractivity contribution is 0.909. The molecule has 2 heterocycles. The van der Waals surface area contributed by atoms with Crippen molar-refractivity contribution in [3.05, 3.63) is 29.2 Å². The Bertz CT molecular complexity index is 408. The minimum Gasteiger partial charge on any atom is -0.285 e. The molecule has 2 rings (SSSR count). The zero-order valence-corrected chi connectivity index (χ0v) is 7.41. The van der Waals surface area contributed by atoms with Crippen molar-refractivity contribution in [1.82, 2.24) is 14.6 Å². The molecule has 0 N–H and O–H groups in total. The van der Waals surface area contributed by atoms with Crippen molar-refractivity contribution in [3.63, 3.8) is 0 Å². The molecule has 0 amide bonds. The molecule has 12 heavy (non-hydrogen) atoms. The van der Waals surface area contributed by atoms with E-state index in [1.165, 1.54) is 0 Å². The van der Waals surface area contributed by atoms with Gasteiger partial charge in [-0.1, -0.05) is 18.5 Å². The van der Waals surface area contributed by atoms with E-state index >= 15 is 0 Å². The van der Waals surface area contributed by atoms with Crippen molar-refractivity contribution in [2.45, 2.75) is 13.3 Å². The van der Waals surface area contributed by atoms with Gasteiger partial charge in [0.15, 0.2) is 5.65 Å². The summed E-state index contributed by atoms with van der Waals surface area (Å²) in [7, 11) is 0. The topological polar surface area (TPSA) is 30.2 Å². The van der Waals surface area contributed by atoms with Crippen LogP contribution in [0.15, 0.2) is 18.3 Å². The van der Waals surface area contributed by atoms with E-state index < -0.39 is 0 Å². The largest absolute Gasteiger partial charge is 0.285 e. The van der Waals surface area contributed by atoms with Crippen LogP contribution in [0.5, 0.6) is 0 Å². The first-order valence-corrected chi connectivity index (χ1v) is 4.18. The maximum absolute atomic E-state index is 5.83. The predicted octanol–water partition coefficient (Wildman–Crippen LogP) is 1.95. The van der Waals surface area contributed by atoms with Crippen LogP contribution in [0.3, 0.4) is 0 Å². The molecule has 0 fully saturated rings. The van der Waals surface area contributed by atoms with E-state index in [4.69, 9.17) is 11.6 Å². The third-order valence-electron chi connectivity index (χ3n) is 1.75.